The third kappa shape index (κ3) is 3.14. The average Bonchev–Trinajstić information content (AvgIpc) is 2.28. The van der Waals surface area contributed by atoms with Crippen molar-refractivity contribution < 1.29 is 4.74 Å². The zero-order chi connectivity index (χ0) is 12.3. The van der Waals surface area contributed by atoms with E-state index in [-0.39, 0.29) is 5.60 Å². The first-order chi connectivity index (χ1) is 8.09. The van der Waals surface area contributed by atoms with E-state index < -0.39 is 0 Å². The van der Waals surface area contributed by atoms with E-state index in [1.807, 2.05) is 6.07 Å². The number of anilines is 1. The third-order valence-corrected chi connectivity index (χ3v) is 2.80. The predicted octanol–water partition coefficient (Wildman–Crippen LogP) is 1.72. The van der Waals surface area contributed by atoms with Crippen LogP contribution in [0.3, 0.4) is 0 Å². The van der Waals surface area contributed by atoms with Crippen LogP contribution in [0, 0.1) is 11.3 Å². The summed E-state index contributed by atoms with van der Waals surface area (Å²) < 4.78 is 5.64. The normalized spacial score (nSPS) is 22.8. The second kappa shape index (κ2) is 4.68. The molecule has 0 spiro atoms. The lowest BCUT2D eigenvalue weighted by atomic mass is 9.94. The molecule has 1 atom stereocenters. The summed E-state index contributed by atoms with van der Waals surface area (Å²) in [7, 11) is 0. The van der Waals surface area contributed by atoms with Crippen molar-refractivity contribution in [2.24, 2.45) is 0 Å². The Morgan fingerprint density at radius 2 is 2.41 bits per heavy atom. The van der Waals surface area contributed by atoms with Crippen molar-refractivity contribution in [1.82, 2.24) is 9.97 Å². The van der Waals surface area contributed by atoms with Crippen LogP contribution in [0.5, 0.6) is 0 Å². The minimum atomic E-state index is -0.108. The Morgan fingerprint density at radius 1 is 1.59 bits per heavy atom. The standard InChI is InChI=1S/C12H16N4O/c1-12(2)7-9(4-6-17-12)15-11-14-5-3-10(8-13)16-11/h3,5,9H,4,6-7H2,1-2H3,(H,14,15,16). The summed E-state index contributed by atoms with van der Waals surface area (Å²) >= 11 is 0. The molecule has 5 heteroatoms. The molecule has 0 radical (unpaired) electrons. The van der Waals surface area contributed by atoms with E-state index in [9.17, 15) is 0 Å². The van der Waals surface area contributed by atoms with E-state index in [0.29, 0.717) is 17.7 Å². The molecule has 1 aromatic heterocycles. The Morgan fingerprint density at radius 3 is 3.12 bits per heavy atom. The van der Waals surface area contributed by atoms with Crippen molar-refractivity contribution in [2.75, 3.05) is 11.9 Å². The van der Waals surface area contributed by atoms with E-state index in [1.165, 1.54) is 0 Å². The lowest BCUT2D eigenvalue weighted by molar-refractivity contribution is -0.0553. The number of nitrogens with zero attached hydrogens (tertiary/aromatic N) is 3. The van der Waals surface area contributed by atoms with Crippen LogP contribution in [-0.2, 0) is 4.74 Å². The summed E-state index contributed by atoms with van der Waals surface area (Å²) in [5, 5.41) is 12.0. The van der Waals surface area contributed by atoms with Gasteiger partial charge in [0, 0.05) is 18.8 Å². The molecule has 0 aliphatic carbocycles. The van der Waals surface area contributed by atoms with E-state index >= 15 is 0 Å². The quantitative estimate of drug-likeness (QED) is 0.840. The largest absolute Gasteiger partial charge is 0.375 e. The molecule has 1 unspecified atom stereocenters. The fourth-order valence-electron chi connectivity index (χ4n) is 2.03. The minimum absolute atomic E-state index is 0.108. The monoisotopic (exact) mass is 232 g/mol. The van der Waals surface area contributed by atoms with Crippen LogP contribution < -0.4 is 5.32 Å². The summed E-state index contributed by atoms with van der Waals surface area (Å²) in [5.41, 5.74) is 0.275. The minimum Gasteiger partial charge on any atom is -0.375 e. The van der Waals surface area contributed by atoms with Gasteiger partial charge in [0.15, 0.2) is 0 Å². The predicted molar refractivity (Wildman–Crippen MR) is 63.4 cm³/mol. The molecule has 1 aliphatic heterocycles. The molecule has 1 aromatic rings. The Kier molecular flexibility index (Phi) is 3.25. The fourth-order valence-corrected chi connectivity index (χ4v) is 2.03. The molecule has 17 heavy (non-hydrogen) atoms. The van der Waals surface area contributed by atoms with Gasteiger partial charge in [-0.15, -0.1) is 0 Å². The SMILES string of the molecule is CC1(C)CC(Nc2nccc(C#N)n2)CCO1. The smallest absolute Gasteiger partial charge is 0.224 e. The first-order valence-electron chi connectivity index (χ1n) is 5.73. The van der Waals surface area contributed by atoms with Crippen molar-refractivity contribution >= 4 is 5.95 Å². The molecular weight excluding hydrogens is 216 g/mol. The lowest BCUT2D eigenvalue weighted by Crippen LogP contribution is -2.40. The van der Waals surface area contributed by atoms with Crippen LogP contribution in [0.2, 0.25) is 0 Å². The Bertz CT molecular complexity index is 438. The maximum atomic E-state index is 8.76. The molecule has 90 valence electrons. The van der Waals surface area contributed by atoms with Gasteiger partial charge in [-0.05, 0) is 32.8 Å². The second-order valence-corrected chi connectivity index (χ2v) is 4.82. The van der Waals surface area contributed by atoms with E-state index in [4.69, 9.17) is 10.00 Å². The maximum absolute atomic E-state index is 8.76. The summed E-state index contributed by atoms with van der Waals surface area (Å²) in [6, 6.07) is 3.90. The molecule has 5 nitrogen and oxygen atoms in total. The van der Waals surface area contributed by atoms with Crippen LogP contribution in [0.4, 0.5) is 5.95 Å². The highest BCUT2D eigenvalue weighted by Gasteiger charge is 2.29. The van der Waals surface area contributed by atoms with Crippen LogP contribution >= 0.6 is 0 Å². The first-order valence-corrected chi connectivity index (χ1v) is 5.73. The molecule has 2 heterocycles. The zero-order valence-corrected chi connectivity index (χ0v) is 10.1. The summed E-state index contributed by atoms with van der Waals surface area (Å²) in [5.74, 6) is 0.520. The highest BCUT2D eigenvalue weighted by atomic mass is 16.5. The maximum Gasteiger partial charge on any atom is 0.224 e. The number of ether oxygens (including phenoxy) is 1. The van der Waals surface area contributed by atoms with Crippen molar-refractivity contribution in [3.05, 3.63) is 18.0 Å². The summed E-state index contributed by atoms with van der Waals surface area (Å²) in [6.07, 6.45) is 3.44. The molecule has 1 N–H and O–H groups in total. The lowest BCUT2D eigenvalue weighted by Gasteiger charge is -2.35. The van der Waals surface area contributed by atoms with Crippen LogP contribution in [0.25, 0.3) is 0 Å². The molecule has 0 aromatic carbocycles. The number of nitriles is 1. The second-order valence-electron chi connectivity index (χ2n) is 4.82. The summed E-state index contributed by atoms with van der Waals surface area (Å²) in [6.45, 7) is 4.89. The zero-order valence-electron chi connectivity index (χ0n) is 10.1. The number of nitrogens with one attached hydrogen (secondary N) is 1. The third-order valence-electron chi connectivity index (χ3n) is 2.80. The Labute approximate surface area is 101 Å². The Balaban J connectivity index is 2.03. The van der Waals surface area contributed by atoms with Crippen LogP contribution in [-0.4, -0.2) is 28.2 Å². The van der Waals surface area contributed by atoms with Gasteiger partial charge in [0.2, 0.25) is 5.95 Å². The van der Waals surface area contributed by atoms with Gasteiger partial charge in [0.25, 0.3) is 0 Å². The molecular formula is C12H16N4O. The Hall–Kier alpha value is -1.67. The van der Waals surface area contributed by atoms with Crippen molar-refractivity contribution in [2.45, 2.75) is 38.3 Å². The average molecular weight is 232 g/mol. The van der Waals surface area contributed by atoms with Gasteiger partial charge in [-0.3, -0.25) is 0 Å². The van der Waals surface area contributed by atoms with Crippen LogP contribution in [0.15, 0.2) is 12.3 Å². The van der Waals surface area contributed by atoms with Crippen molar-refractivity contribution in [1.29, 1.82) is 5.26 Å². The molecule has 0 amide bonds. The molecule has 2 rings (SSSR count). The van der Waals surface area contributed by atoms with Gasteiger partial charge in [0.05, 0.1) is 5.60 Å². The molecule has 1 saturated heterocycles. The van der Waals surface area contributed by atoms with Crippen LogP contribution in [0.1, 0.15) is 32.4 Å². The van der Waals surface area contributed by atoms with Crippen molar-refractivity contribution in [3.8, 4) is 6.07 Å². The molecule has 0 bridgehead atoms. The number of hydrogen-bond donors (Lipinski definition) is 1. The number of aromatic nitrogens is 2. The van der Waals surface area contributed by atoms with E-state index in [0.717, 1.165) is 19.4 Å². The number of hydrogen-bond acceptors (Lipinski definition) is 5. The number of rotatable bonds is 2. The van der Waals surface area contributed by atoms with Gasteiger partial charge in [-0.1, -0.05) is 0 Å². The topological polar surface area (TPSA) is 70.8 Å². The van der Waals surface area contributed by atoms with Gasteiger partial charge < -0.3 is 10.1 Å². The van der Waals surface area contributed by atoms with Gasteiger partial charge in [-0.2, -0.15) is 5.26 Å². The molecule has 1 aliphatic rings. The first kappa shape index (κ1) is 11.8. The molecule has 1 fully saturated rings. The highest BCUT2D eigenvalue weighted by Crippen LogP contribution is 2.25. The highest BCUT2D eigenvalue weighted by molar-refractivity contribution is 5.31. The van der Waals surface area contributed by atoms with Crippen molar-refractivity contribution in [3.63, 3.8) is 0 Å². The fraction of sp³-hybridized carbons (Fsp3) is 0.583. The van der Waals surface area contributed by atoms with Gasteiger partial charge >= 0.3 is 0 Å². The van der Waals surface area contributed by atoms with E-state index in [2.05, 4.69) is 29.1 Å². The summed E-state index contributed by atoms with van der Waals surface area (Å²) in [4.78, 5) is 8.22. The van der Waals surface area contributed by atoms with E-state index in [1.54, 1.807) is 12.3 Å². The molecule has 0 saturated carbocycles. The van der Waals surface area contributed by atoms with Gasteiger partial charge in [-0.25, -0.2) is 9.97 Å². The van der Waals surface area contributed by atoms with Gasteiger partial charge in [0.1, 0.15) is 11.8 Å².